The molecule has 0 radical (unpaired) electrons. The van der Waals surface area contributed by atoms with Gasteiger partial charge in [0.05, 0.1) is 13.1 Å². The number of aromatic nitrogens is 2. The smallest absolute Gasteiger partial charge is 0.284 e. The number of benzene rings is 1. The molecule has 4 nitrogen and oxygen atoms in total. The maximum atomic E-state index is 13.0. The molecule has 0 fully saturated rings. The van der Waals surface area contributed by atoms with E-state index in [0.717, 1.165) is 0 Å². The summed E-state index contributed by atoms with van der Waals surface area (Å²) in [5, 5.41) is 0. The van der Waals surface area contributed by atoms with E-state index in [2.05, 4.69) is 0 Å². The molecule has 2 aromatic rings. The normalized spacial score (nSPS) is 14.1. The van der Waals surface area contributed by atoms with Crippen LogP contribution >= 0.6 is 0 Å². The molecule has 0 saturated heterocycles. The third kappa shape index (κ3) is 4.41. The van der Waals surface area contributed by atoms with Crippen LogP contribution in [0.4, 0.5) is 26.3 Å². The largest absolute Gasteiger partial charge is 0.389 e. The highest BCUT2D eigenvalue weighted by molar-refractivity contribution is 6.26. The summed E-state index contributed by atoms with van der Waals surface area (Å²) in [7, 11) is 0. The van der Waals surface area contributed by atoms with Gasteiger partial charge in [0.25, 0.3) is 5.82 Å². The van der Waals surface area contributed by atoms with Gasteiger partial charge in [-0.2, -0.15) is 26.3 Å². The van der Waals surface area contributed by atoms with E-state index >= 15 is 0 Å². The van der Waals surface area contributed by atoms with Gasteiger partial charge in [-0.1, -0.05) is 24.3 Å². The lowest BCUT2D eigenvalue weighted by Gasteiger charge is -2.13. The van der Waals surface area contributed by atoms with Crippen LogP contribution in [0.5, 0.6) is 0 Å². The first kappa shape index (κ1) is 22.0. The van der Waals surface area contributed by atoms with Crippen molar-refractivity contribution in [1.29, 1.82) is 0 Å². The van der Waals surface area contributed by atoms with Crippen molar-refractivity contribution in [1.82, 2.24) is 4.57 Å². The zero-order valence-electron chi connectivity index (χ0n) is 16.0. The Balaban J connectivity index is 2.03. The van der Waals surface area contributed by atoms with Crippen LogP contribution in [0, 0.1) is 6.92 Å². The van der Waals surface area contributed by atoms with Gasteiger partial charge in [-0.05, 0) is 12.8 Å². The number of imidazole rings is 1. The molecule has 0 aliphatic heterocycles. The Bertz CT molecular complexity index is 912. The Hall–Kier alpha value is -2.65. The van der Waals surface area contributed by atoms with Gasteiger partial charge in [-0.25, -0.2) is 9.13 Å². The Morgan fingerprint density at radius 2 is 1.40 bits per heavy atom. The summed E-state index contributed by atoms with van der Waals surface area (Å²) in [6.07, 6.45) is -11.6. The molecule has 3 rings (SSSR count). The number of nitrogens with zero attached hydrogens (tertiary/aromatic N) is 2. The highest BCUT2D eigenvalue weighted by Crippen LogP contribution is 2.29. The maximum Gasteiger partial charge on any atom is 0.389 e. The fourth-order valence-electron chi connectivity index (χ4n) is 3.74. The van der Waals surface area contributed by atoms with Crippen molar-refractivity contribution >= 4 is 11.6 Å². The molecule has 0 atom stereocenters. The predicted octanol–water partition coefficient (Wildman–Crippen LogP) is 4.54. The summed E-state index contributed by atoms with van der Waals surface area (Å²) in [6, 6.07) is 6.04. The summed E-state index contributed by atoms with van der Waals surface area (Å²) in [4.78, 5) is 26.1. The monoisotopic (exact) mass is 433 g/mol. The lowest BCUT2D eigenvalue weighted by molar-refractivity contribution is -0.704. The van der Waals surface area contributed by atoms with E-state index in [0.29, 0.717) is 0 Å². The van der Waals surface area contributed by atoms with E-state index in [-0.39, 0.29) is 54.3 Å². The van der Waals surface area contributed by atoms with E-state index in [4.69, 9.17) is 0 Å². The SMILES string of the molecule is Cc1n(CCCC(F)(F)F)c2c([n+]1CCCC(F)(F)F)C(=O)c1ccccc1C2=O. The molecular formula is C20H19F6N2O2+. The van der Waals surface area contributed by atoms with Gasteiger partial charge >= 0.3 is 12.4 Å². The van der Waals surface area contributed by atoms with Gasteiger partial charge in [0.2, 0.25) is 23.0 Å². The first-order valence-corrected chi connectivity index (χ1v) is 9.35. The molecule has 1 aliphatic rings. The lowest BCUT2D eigenvalue weighted by atomic mass is 9.90. The van der Waals surface area contributed by atoms with Crippen LogP contribution in [0.25, 0.3) is 0 Å². The summed E-state index contributed by atoms with van der Waals surface area (Å²) in [6.45, 7) is 1.13. The number of rotatable bonds is 6. The van der Waals surface area contributed by atoms with E-state index < -0.39 is 36.8 Å². The van der Waals surface area contributed by atoms with Crippen molar-refractivity contribution in [3.8, 4) is 0 Å². The predicted molar refractivity (Wildman–Crippen MR) is 93.2 cm³/mol. The minimum atomic E-state index is -4.38. The fourth-order valence-corrected chi connectivity index (χ4v) is 3.74. The minimum Gasteiger partial charge on any atom is -0.284 e. The van der Waals surface area contributed by atoms with E-state index in [1.165, 1.54) is 28.2 Å². The topological polar surface area (TPSA) is 43.0 Å². The molecular weight excluding hydrogens is 414 g/mol. The molecule has 0 bridgehead atoms. The zero-order chi connectivity index (χ0) is 22.3. The Morgan fingerprint density at radius 1 is 0.867 bits per heavy atom. The first-order chi connectivity index (χ1) is 13.9. The summed E-state index contributed by atoms with van der Waals surface area (Å²) in [5.41, 5.74) is 0.134. The number of ketones is 2. The molecule has 1 aromatic heterocycles. The average Bonchev–Trinajstić information content (AvgIpc) is 2.91. The van der Waals surface area contributed by atoms with Crippen LogP contribution in [0.1, 0.15) is 63.6 Å². The third-order valence-electron chi connectivity index (χ3n) is 5.08. The van der Waals surface area contributed by atoms with Crippen LogP contribution in [-0.4, -0.2) is 28.5 Å². The van der Waals surface area contributed by atoms with E-state index in [1.54, 1.807) is 12.1 Å². The lowest BCUT2D eigenvalue weighted by Crippen LogP contribution is -2.43. The number of carbonyl (C=O) groups is 2. The van der Waals surface area contributed by atoms with Crippen LogP contribution in [0.3, 0.4) is 0 Å². The van der Waals surface area contributed by atoms with Crippen molar-refractivity contribution in [3.05, 3.63) is 52.6 Å². The van der Waals surface area contributed by atoms with Crippen LogP contribution in [0.15, 0.2) is 24.3 Å². The standard InChI is InChI=1S/C20H19F6N2O2/c1-12-27(10-4-8-19(21,22)23)15-16(28(12)11-5-9-20(24,25)26)18(30)14-7-3-2-6-13(14)17(15)29/h2-3,6-7H,4-5,8-11H2,1H3/q+1. The van der Waals surface area contributed by atoms with Gasteiger partial charge in [0.1, 0.15) is 0 Å². The summed E-state index contributed by atoms with van der Waals surface area (Å²) in [5.74, 6) is -0.770. The van der Waals surface area contributed by atoms with Crippen molar-refractivity contribution in [2.45, 2.75) is 58.0 Å². The van der Waals surface area contributed by atoms with Crippen molar-refractivity contribution in [2.24, 2.45) is 0 Å². The second kappa shape index (κ2) is 7.88. The number of halogens is 6. The van der Waals surface area contributed by atoms with Gasteiger partial charge < -0.3 is 0 Å². The van der Waals surface area contributed by atoms with E-state index in [1.807, 2.05) is 0 Å². The van der Waals surface area contributed by atoms with Crippen molar-refractivity contribution in [3.63, 3.8) is 0 Å². The van der Waals surface area contributed by atoms with Crippen LogP contribution < -0.4 is 4.57 Å². The van der Waals surface area contributed by atoms with Gasteiger partial charge in [-0.3, -0.25) is 9.59 Å². The molecule has 1 heterocycles. The second-order valence-electron chi connectivity index (χ2n) is 7.19. The number of carbonyl (C=O) groups excluding carboxylic acids is 2. The molecule has 0 amide bonds. The Labute approximate surface area is 168 Å². The number of hydrogen-bond acceptors (Lipinski definition) is 2. The van der Waals surface area contributed by atoms with Crippen LogP contribution in [0.2, 0.25) is 0 Å². The van der Waals surface area contributed by atoms with Crippen molar-refractivity contribution in [2.75, 3.05) is 0 Å². The zero-order valence-corrected chi connectivity index (χ0v) is 16.0. The molecule has 30 heavy (non-hydrogen) atoms. The van der Waals surface area contributed by atoms with Gasteiger partial charge in [0, 0.05) is 30.9 Å². The highest BCUT2D eigenvalue weighted by atomic mass is 19.4. The second-order valence-corrected chi connectivity index (χ2v) is 7.19. The highest BCUT2D eigenvalue weighted by Gasteiger charge is 2.43. The number of hydrogen-bond donors (Lipinski definition) is 0. The molecule has 1 aliphatic carbocycles. The van der Waals surface area contributed by atoms with Crippen molar-refractivity contribution < 1.29 is 40.5 Å². The van der Waals surface area contributed by atoms with E-state index in [9.17, 15) is 35.9 Å². The molecule has 10 heteroatoms. The molecule has 1 aromatic carbocycles. The quantitative estimate of drug-likeness (QED) is 0.423. The third-order valence-corrected chi connectivity index (χ3v) is 5.08. The maximum absolute atomic E-state index is 13.0. The average molecular weight is 433 g/mol. The number of alkyl halides is 6. The molecule has 0 unspecified atom stereocenters. The Kier molecular flexibility index (Phi) is 5.79. The van der Waals surface area contributed by atoms with Gasteiger partial charge in [-0.15, -0.1) is 0 Å². The first-order valence-electron chi connectivity index (χ1n) is 9.35. The minimum absolute atomic E-state index is 0.0645. The molecule has 0 saturated carbocycles. The Morgan fingerprint density at radius 3 is 1.97 bits per heavy atom. The molecule has 162 valence electrons. The fraction of sp³-hybridized carbons (Fsp3) is 0.450. The summed E-state index contributed by atoms with van der Waals surface area (Å²) < 4.78 is 78.1. The molecule has 0 spiro atoms. The summed E-state index contributed by atoms with van der Waals surface area (Å²) >= 11 is 0. The number of fused-ring (bicyclic) bond motifs is 2. The van der Waals surface area contributed by atoms with Crippen LogP contribution in [-0.2, 0) is 13.1 Å². The van der Waals surface area contributed by atoms with Gasteiger partial charge in [0.15, 0.2) is 0 Å². The molecule has 0 N–H and O–H groups in total.